The summed E-state index contributed by atoms with van der Waals surface area (Å²) in [6, 6.07) is 8.96. The Morgan fingerprint density at radius 1 is 0.724 bits per heavy atom. The number of halogens is 2. The van der Waals surface area contributed by atoms with Crippen molar-refractivity contribution in [1.82, 2.24) is 0 Å². The summed E-state index contributed by atoms with van der Waals surface area (Å²) in [4.78, 5) is 4.73. The molecule has 1 fully saturated rings. The number of hydrogen-bond acceptors (Lipinski definition) is 2. The third-order valence-corrected chi connectivity index (χ3v) is 7.85. The molecular formula is C24H32Cl2N2Ru-2. The van der Waals surface area contributed by atoms with Gasteiger partial charge in [-0.15, -0.1) is 0 Å². The quantitative estimate of drug-likeness (QED) is 0.313. The molecule has 1 aliphatic heterocycles. The standard InChI is InChI=1S/C21H26N2.C3H6.2ClH.Ru/c1-14-9-16(3)20(17(4)10-14)22-7-8-23(13-22)21-18(5)11-15(2)12-19(21)6;1-3-2;;;/h9-12H,7-8H2,1-6H3;1-3H2;2*1H;/q;-2;;;+2/p-2. The van der Waals surface area contributed by atoms with Crippen LogP contribution in [-0.2, 0) is 13.5 Å². The summed E-state index contributed by atoms with van der Waals surface area (Å²) in [6.45, 7) is 21.6. The van der Waals surface area contributed by atoms with Crippen molar-refractivity contribution in [1.29, 1.82) is 0 Å². The molecule has 29 heavy (non-hydrogen) atoms. The van der Waals surface area contributed by atoms with Gasteiger partial charge in [0.2, 0.25) is 0 Å². The summed E-state index contributed by atoms with van der Waals surface area (Å²) in [6.07, 6.45) is 0.750. The maximum atomic E-state index is 6.63. The molecule has 0 unspecified atom stereocenters. The Morgan fingerprint density at radius 2 is 1.00 bits per heavy atom. The van der Waals surface area contributed by atoms with Crippen molar-refractivity contribution in [2.45, 2.75) is 48.0 Å². The van der Waals surface area contributed by atoms with E-state index in [0.717, 1.165) is 23.9 Å². The smallest absolute Gasteiger partial charge is 0.317 e. The second kappa shape index (κ2) is 10.4. The van der Waals surface area contributed by atoms with Crippen molar-refractivity contribution >= 4 is 35.1 Å². The number of benzene rings is 2. The van der Waals surface area contributed by atoms with Crippen molar-refractivity contribution in [2.24, 2.45) is 0 Å². The molecule has 0 aromatic heterocycles. The first-order chi connectivity index (χ1) is 13.6. The van der Waals surface area contributed by atoms with Crippen LogP contribution in [-0.4, -0.2) is 17.4 Å². The minimum Gasteiger partial charge on any atom is -0.372 e. The van der Waals surface area contributed by atoms with Crippen LogP contribution in [0.5, 0.6) is 0 Å². The first kappa shape index (κ1) is 24.4. The Kier molecular flexibility index (Phi) is 8.77. The molecule has 0 spiro atoms. The molecule has 0 radical (unpaired) electrons. The van der Waals surface area contributed by atoms with Gasteiger partial charge in [0.25, 0.3) is 0 Å². The SMILES string of the molecule is Cc1cc(C)c(N2CCN(c3c(C)cc(C)cc3C)[C]2=[Ru]([Cl])[Cl])c(C)c1.[CH2-]C[CH2-]. The summed E-state index contributed by atoms with van der Waals surface area (Å²) in [5.41, 5.74) is 10.2. The number of nitrogens with zero attached hydrogens (tertiary/aromatic N) is 2. The molecule has 5 heteroatoms. The van der Waals surface area contributed by atoms with E-state index in [2.05, 4.69) is 89.5 Å². The monoisotopic (exact) mass is 520 g/mol. The van der Waals surface area contributed by atoms with Gasteiger partial charge in [-0.3, -0.25) is 0 Å². The molecule has 0 atom stereocenters. The van der Waals surface area contributed by atoms with Gasteiger partial charge in [0, 0.05) is 0 Å². The van der Waals surface area contributed by atoms with Crippen molar-refractivity contribution in [2.75, 3.05) is 22.9 Å². The van der Waals surface area contributed by atoms with Crippen molar-refractivity contribution < 1.29 is 13.5 Å². The molecule has 0 bridgehead atoms. The van der Waals surface area contributed by atoms with Gasteiger partial charge in [-0.25, -0.2) is 0 Å². The van der Waals surface area contributed by atoms with Crippen LogP contribution in [0, 0.1) is 55.4 Å². The Morgan fingerprint density at radius 3 is 1.24 bits per heavy atom. The minimum atomic E-state index is -2.12. The van der Waals surface area contributed by atoms with Gasteiger partial charge in [-0.05, 0) is 0 Å². The molecule has 2 aromatic carbocycles. The molecule has 0 aliphatic carbocycles. The van der Waals surface area contributed by atoms with Gasteiger partial charge in [-0.1, -0.05) is 0 Å². The second-order valence-electron chi connectivity index (χ2n) is 7.59. The molecule has 2 aromatic rings. The average molecular weight is 521 g/mol. The van der Waals surface area contributed by atoms with Crippen LogP contribution in [0.3, 0.4) is 0 Å². The number of rotatable bonds is 2. The fraction of sp³-hybridized carbons (Fsp3) is 0.375. The van der Waals surface area contributed by atoms with Gasteiger partial charge in [0.1, 0.15) is 0 Å². The van der Waals surface area contributed by atoms with E-state index in [-0.39, 0.29) is 0 Å². The van der Waals surface area contributed by atoms with Crippen LogP contribution in [0.25, 0.3) is 0 Å². The first-order valence-electron chi connectivity index (χ1n) is 9.78. The molecule has 0 N–H and O–H groups in total. The van der Waals surface area contributed by atoms with Crippen LogP contribution in [0.2, 0.25) is 0 Å². The van der Waals surface area contributed by atoms with E-state index >= 15 is 0 Å². The van der Waals surface area contributed by atoms with E-state index < -0.39 is 13.5 Å². The maximum absolute atomic E-state index is 6.63. The number of hydrogen-bond donors (Lipinski definition) is 0. The van der Waals surface area contributed by atoms with Gasteiger partial charge in [0.15, 0.2) is 0 Å². The third kappa shape index (κ3) is 5.43. The van der Waals surface area contributed by atoms with Crippen LogP contribution in [0.15, 0.2) is 24.3 Å². The van der Waals surface area contributed by atoms with Crippen molar-refractivity contribution in [3.05, 3.63) is 71.5 Å². The molecule has 3 rings (SSSR count). The normalized spacial score (nSPS) is 14.1. The van der Waals surface area contributed by atoms with E-state index in [4.69, 9.17) is 19.4 Å². The third-order valence-electron chi connectivity index (χ3n) is 4.91. The molecular weight excluding hydrogens is 488 g/mol. The molecule has 162 valence electrons. The van der Waals surface area contributed by atoms with Gasteiger partial charge in [-0.2, -0.15) is 0 Å². The first-order valence-corrected chi connectivity index (χ1v) is 15.1. The van der Waals surface area contributed by atoms with Gasteiger partial charge >= 0.3 is 171 Å². The van der Waals surface area contributed by atoms with E-state index in [1.54, 1.807) is 0 Å². The van der Waals surface area contributed by atoms with Gasteiger partial charge < -0.3 is 20.3 Å². The molecule has 1 heterocycles. The summed E-state index contributed by atoms with van der Waals surface area (Å²) in [5.74, 6) is 0. The summed E-state index contributed by atoms with van der Waals surface area (Å²) < 4.78 is 1.10. The topological polar surface area (TPSA) is 6.48 Å². The Balaban J connectivity index is 0.000000941. The molecule has 0 amide bonds. The van der Waals surface area contributed by atoms with E-state index in [1.807, 2.05) is 0 Å². The van der Waals surface area contributed by atoms with Crippen LogP contribution < -0.4 is 9.80 Å². The zero-order valence-corrected chi connectivity index (χ0v) is 21.6. The zero-order valence-electron chi connectivity index (χ0n) is 18.3. The predicted octanol–water partition coefficient (Wildman–Crippen LogP) is 6.92. The van der Waals surface area contributed by atoms with Crippen LogP contribution in [0.4, 0.5) is 11.4 Å². The average Bonchev–Trinajstić information content (AvgIpc) is 2.98. The summed E-state index contributed by atoms with van der Waals surface area (Å²) in [5, 5.41) is 0. The van der Waals surface area contributed by atoms with Crippen molar-refractivity contribution in [3.8, 4) is 0 Å². The van der Waals surface area contributed by atoms with E-state index in [0.29, 0.717) is 0 Å². The summed E-state index contributed by atoms with van der Waals surface area (Å²) in [7, 11) is 13.3. The molecule has 0 saturated carbocycles. The van der Waals surface area contributed by atoms with E-state index in [9.17, 15) is 0 Å². The van der Waals surface area contributed by atoms with E-state index in [1.165, 1.54) is 44.8 Å². The van der Waals surface area contributed by atoms with Gasteiger partial charge in [0.05, 0.1) is 0 Å². The number of aryl methyl sites for hydroxylation is 6. The number of anilines is 2. The molecule has 1 aliphatic rings. The fourth-order valence-electron chi connectivity index (χ4n) is 4.27. The largest absolute Gasteiger partial charge is 0.372 e. The summed E-state index contributed by atoms with van der Waals surface area (Å²) >= 11 is -2.12. The fourth-order valence-corrected chi connectivity index (χ4v) is 7.46. The molecule has 1 saturated heterocycles. The minimum absolute atomic E-state index is 0.750. The van der Waals surface area contributed by atoms with Crippen LogP contribution >= 0.6 is 19.4 Å². The Labute approximate surface area is 190 Å². The van der Waals surface area contributed by atoms with Crippen LogP contribution in [0.1, 0.15) is 39.8 Å². The predicted molar refractivity (Wildman–Crippen MR) is 128 cm³/mol. The maximum Gasteiger partial charge on any atom is -0.317 e. The molecule has 2 nitrogen and oxygen atoms in total. The van der Waals surface area contributed by atoms with Crippen molar-refractivity contribution in [3.63, 3.8) is 0 Å². The zero-order chi connectivity index (χ0) is 21.9. The Bertz CT molecular complexity index is 804. The second-order valence-corrected chi connectivity index (χ2v) is 13.2. The Hall–Kier alpha value is -0.887.